The lowest BCUT2D eigenvalue weighted by Gasteiger charge is -2.30. The fourth-order valence-corrected chi connectivity index (χ4v) is 11.9. The van der Waals surface area contributed by atoms with Crippen LogP contribution in [0.4, 0.5) is 0 Å². The van der Waals surface area contributed by atoms with Crippen LogP contribution in [0.1, 0.15) is 22.3 Å². The minimum Gasteiger partial charge on any atom is -0.135 e. The molecule has 1 aromatic heterocycles. The summed E-state index contributed by atoms with van der Waals surface area (Å²) in [6, 6.07) is 73.2. The first-order chi connectivity index (χ1) is 27.8. The van der Waals surface area contributed by atoms with Crippen LogP contribution < -0.4 is 0 Å². The molecule has 0 radical (unpaired) electrons. The summed E-state index contributed by atoms with van der Waals surface area (Å²) in [6.07, 6.45) is 0. The van der Waals surface area contributed by atoms with Crippen molar-refractivity contribution in [2.45, 2.75) is 5.41 Å². The van der Waals surface area contributed by atoms with Crippen molar-refractivity contribution in [1.29, 1.82) is 0 Å². The zero-order valence-corrected chi connectivity index (χ0v) is 31.2. The van der Waals surface area contributed by atoms with Crippen molar-refractivity contribution in [3.63, 3.8) is 0 Å². The molecule has 0 N–H and O–H groups in total. The molecule has 1 spiro atoms. The maximum absolute atomic E-state index is 2.55. The summed E-state index contributed by atoms with van der Waals surface area (Å²) in [4.78, 5) is 1.40. The highest BCUT2D eigenvalue weighted by Crippen LogP contribution is 2.66. The lowest BCUT2D eigenvalue weighted by atomic mass is 9.69. The van der Waals surface area contributed by atoms with E-state index in [4.69, 9.17) is 0 Å². The molecule has 1 heteroatoms. The van der Waals surface area contributed by atoms with Crippen LogP contribution in [0.25, 0.3) is 97.0 Å². The minimum absolute atomic E-state index is 0.403. The van der Waals surface area contributed by atoms with Gasteiger partial charge in [-0.3, -0.25) is 0 Å². The Morgan fingerprint density at radius 2 is 0.839 bits per heavy atom. The first kappa shape index (κ1) is 30.5. The highest BCUT2D eigenvalue weighted by molar-refractivity contribution is 7.22. The van der Waals surface area contributed by atoms with Crippen molar-refractivity contribution < 1.29 is 0 Å². The van der Waals surface area contributed by atoms with Crippen LogP contribution >= 0.6 is 11.3 Å². The molecule has 56 heavy (non-hydrogen) atoms. The van der Waals surface area contributed by atoms with Crippen LogP contribution in [0.3, 0.4) is 0 Å². The van der Waals surface area contributed by atoms with Gasteiger partial charge in [0, 0.05) is 9.58 Å². The van der Waals surface area contributed by atoms with Gasteiger partial charge in [-0.2, -0.15) is 0 Å². The zero-order valence-electron chi connectivity index (χ0n) is 30.4. The Balaban J connectivity index is 1.12. The summed E-state index contributed by atoms with van der Waals surface area (Å²) in [6.45, 7) is 0. The number of thiophene rings is 1. The molecule has 0 amide bonds. The molecule has 2 aliphatic rings. The molecular formula is C55H32S. The van der Waals surface area contributed by atoms with Crippen LogP contribution in [-0.2, 0) is 5.41 Å². The number of fused-ring (bicyclic) bond motifs is 18. The van der Waals surface area contributed by atoms with E-state index in [2.05, 4.69) is 194 Å². The third-order valence-corrected chi connectivity index (χ3v) is 14.1. The number of hydrogen-bond donors (Lipinski definition) is 0. The molecule has 11 aromatic rings. The molecule has 13 rings (SSSR count). The predicted octanol–water partition coefficient (Wildman–Crippen LogP) is 15.2. The summed E-state index contributed by atoms with van der Waals surface area (Å²) in [5, 5.41) is 11.6. The smallest absolute Gasteiger partial charge is 0.0740 e. The molecule has 1 unspecified atom stereocenters. The van der Waals surface area contributed by atoms with Crippen LogP contribution in [0, 0.1) is 0 Å². The quantitative estimate of drug-likeness (QED) is 0.156. The van der Waals surface area contributed by atoms with Gasteiger partial charge in [0.1, 0.15) is 0 Å². The van der Waals surface area contributed by atoms with Gasteiger partial charge in [0.15, 0.2) is 0 Å². The Morgan fingerprint density at radius 1 is 0.304 bits per heavy atom. The van der Waals surface area contributed by atoms with Gasteiger partial charge in [-0.05, 0) is 134 Å². The average molecular weight is 725 g/mol. The third kappa shape index (κ3) is 3.83. The Bertz CT molecular complexity index is 3480. The Kier molecular flexibility index (Phi) is 6.07. The second-order valence-corrected chi connectivity index (χ2v) is 16.5. The fourth-order valence-electron chi connectivity index (χ4n) is 10.6. The molecule has 1 heterocycles. The van der Waals surface area contributed by atoms with E-state index in [0.29, 0.717) is 0 Å². The first-order valence-electron chi connectivity index (χ1n) is 19.5. The molecule has 0 saturated heterocycles. The lowest BCUT2D eigenvalue weighted by Crippen LogP contribution is -2.25. The zero-order chi connectivity index (χ0) is 36.5. The second-order valence-electron chi connectivity index (χ2n) is 15.5. The maximum atomic E-state index is 2.55. The molecule has 0 saturated carbocycles. The van der Waals surface area contributed by atoms with E-state index < -0.39 is 5.41 Å². The first-order valence-corrected chi connectivity index (χ1v) is 20.3. The normalized spacial score (nSPS) is 15.2. The number of hydrogen-bond acceptors (Lipinski definition) is 1. The van der Waals surface area contributed by atoms with Gasteiger partial charge in [-0.1, -0.05) is 170 Å². The van der Waals surface area contributed by atoms with Gasteiger partial charge >= 0.3 is 0 Å². The lowest BCUT2D eigenvalue weighted by molar-refractivity contribution is 0.803. The van der Waals surface area contributed by atoms with E-state index in [0.717, 1.165) is 0 Å². The van der Waals surface area contributed by atoms with Crippen LogP contribution in [0.5, 0.6) is 0 Å². The van der Waals surface area contributed by atoms with Crippen molar-refractivity contribution in [1.82, 2.24) is 0 Å². The summed E-state index contributed by atoms with van der Waals surface area (Å²) in [5.41, 5.74) is 14.3. The molecule has 0 fully saturated rings. The fraction of sp³-hybridized carbons (Fsp3) is 0.0182. The number of benzene rings is 10. The molecule has 2 aliphatic carbocycles. The van der Waals surface area contributed by atoms with Crippen LogP contribution in [0.2, 0.25) is 0 Å². The van der Waals surface area contributed by atoms with E-state index in [1.165, 1.54) is 119 Å². The summed E-state index contributed by atoms with van der Waals surface area (Å²) in [5.74, 6) is 0. The molecule has 0 aliphatic heterocycles. The van der Waals surface area contributed by atoms with Gasteiger partial charge in [-0.25, -0.2) is 0 Å². The highest BCUT2D eigenvalue weighted by Gasteiger charge is 2.53. The molecule has 258 valence electrons. The molecule has 10 aromatic carbocycles. The van der Waals surface area contributed by atoms with Crippen molar-refractivity contribution in [3.8, 4) is 43.8 Å². The van der Waals surface area contributed by atoms with Gasteiger partial charge in [-0.15, -0.1) is 11.3 Å². The largest absolute Gasteiger partial charge is 0.135 e. The van der Waals surface area contributed by atoms with E-state index in [1.807, 2.05) is 11.3 Å². The van der Waals surface area contributed by atoms with E-state index in [-0.39, 0.29) is 0 Å². The maximum Gasteiger partial charge on any atom is 0.0740 e. The Morgan fingerprint density at radius 3 is 1.62 bits per heavy atom. The third-order valence-electron chi connectivity index (χ3n) is 12.9. The minimum atomic E-state index is -0.403. The SMILES string of the molecule is c1ccc2c(c1)-c1ccc(-c3cc4c5ccccc5c(-c5cccc6ccccc56)cc4c4ccccc34)cc1C21c2ccccc2-c2sc3ccccc3c21. The predicted molar refractivity (Wildman–Crippen MR) is 239 cm³/mol. The van der Waals surface area contributed by atoms with Gasteiger partial charge in [0.25, 0.3) is 0 Å². The molecule has 0 nitrogen and oxygen atoms in total. The van der Waals surface area contributed by atoms with E-state index in [1.54, 1.807) is 0 Å². The average Bonchev–Trinajstić information content (AvgIpc) is 3.89. The molecular weight excluding hydrogens is 693 g/mol. The van der Waals surface area contributed by atoms with Gasteiger partial charge in [0.2, 0.25) is 0 Å². The highest BCUT2D eigenvalue weighted by atomic mass is 32.1. The standard InChI is InChI=1S/C55H32S/c1-2-16-35-33(14-1)15-13-24-36(35)46-32-48-38-18-4-3-17-37(38)45(31-47(48)40-20-6-5-19-39(40)46)34-28-29-42-41-21-7-10-25-49(41)55(51(42)30-34)50-26-11-8-22-43(50)54-53(55)44-23-9-12-27-52(44)56-54/h1-32H. The monoisotopic (exact) mass is 724 g/mol. The Labute approximate surface area is 328 Å². The van der Waals surface area contributed by atoms with Gasteiger partial charge in [0.05, 0.1) is 5.41 Å². The van der Waals surface area contributed by atoms with E-state index in [9.17, 15) is 0 Å². The van der Waals surface area contributed by atoms with Crippen LogP contribution in [0.15, 0.2) is 194 Å². The van der Waals surface area contributed by atoms with Gasteiger partial charge < -0.3 is 0 Å². The van der Waals surface area contributed by atoms with Crippen molar-refractivity contribution in [3.05, 3.63) is 216 Å². The summed E-state index contributed by atoms with van der Waals surface area (Å²) in [7, 11) is 0. The van der Waals surface area contributed by atoms with Crippen molar-refractivity contribution in [2.75, 3.05) is 0 Å². The van der Waals surface area contributed by atoms with E-state index >= 15 is 0 Å². The molecule has 0 bridgehead atoms. The van der Waals surface area contributed by atoms with Crippen LogP contribution in [-0.4, -0.2) is 0 Å². The molecule has 1 atom stereocenters. The van der Waals surface area contributed by atoms with Crippen molar-refractivity contribution in [2.24, 2.45) is 0 Å². The Hall–Kier alpha value is -6.80. The second kappa shape index (κ2) is 11.1. The number of rotatable bonds is 2. The summed E-state index contributed by atoms with van der Waals surface area (Å²) >= 11 is 1.94. The topological polar surface area (TPSA) is 0 Å². The summed E-state index contributed by atoms with van der Waals surface area (Å²) < 4.78 is 1.35. The van der Waals surface area contributed by atoms with Crippen molar-refractivity contribution >= 4 is 64.5 Å².